The van der Waals surface area contributed by atoms with Gasteiger partial charge in [0.25, 0.3) is 5.91 Å². The third kappa shape index (κ3) is 3.13. The van der Waals surface area contributed by atoms with Gasteiger partial charge in [0.15, 0.2) is 0 Å². The van der Waals surface area contributed by atoms with Crippen molar-refractivity contribution in [1.29, 1.82) is 0 Å². The van der Waals surface area contributed by atoms with Crippen LogP contribution in [-0.4, -0.2) is 11.0 Å². The summed E-state index contributed by atoms with van der Waals surface area (Å²) in [6.07, 6.45) is 0. The van der Waals surface area contributed by atoms with Gasteiger partial charge < -0.3 is 16.2 Å². The molecule has 104 valence electrons. The number of hydrogen-bond acceptors (Lipinski definition) is 3. The summed E-state index contributed by atoms with van der Waals surface area (Å²) in [4.78, 5) is 12.2. The van der Waals surface area contributed by atoms with E-state index in [2.05, 4.69) is 37.2 Å². The zero-order valence-corrected chi connectivity index (χ0v) is 13.7. The number of nitrogen functional groups attached to an aromatic ring is 1. The molecule has 0 atom stereocenters. The van der Waals surface area contributed by atoms with Crippen LogP contribution in [0.4, 0.5) is 11.4 Å². The molecule has 20 heavy (non-hydrogen) atoms. The maximum Gasteiger partial charge on any atom is 0.259 e. The van der Waals surface area contributed by atoms with E-state index < -0.39 is 5.91 Å². The molecule has 0 aliphatic carbocycles. The van der Waals surface area contributed by atoms with Gasteiger partial charge in [-0.05, 0) is 42.8 Å². The fourth-order valence-corrected chi connectivity index (χ4v) is 2.76. The third-order valence-corrected chi connectivity index (χ3v) is 3.72. The fourth-order valence-electron chi connectivity index (χ4n) is 1.81. The zero-order chi connectivity index (χ0) is 14.9. The molecule has 4 N–H and O–H groups in total. The quantitative estimate of drug-likeness (QED) is 0.666. The Bertz CT molecular complexity index is 664. The second-order valence-electron chi connectivity index (χ2n) is 4.30. The molecule has 0 unspecified atom stereocenters. The van der Waals surface area contributed by atoms with Crippen LogP contribution in [0.1, 0.15) is 15.9 Å². The van der Waals surface area contributed by atoms with E-state index in [-0.39, 0.29) is 11.3 Å². The lowest BCUT2D eigenvalue weighted by Gasteiger charge is -2.13. The van der Waals surface area contributed by atoms with E-state index in [0.717, 1.165) is 10.0 Å². The molecule has 0 fully saturated rings. The topological polar surface area (TPSA) is 75.3 Å². The van der Waals surface area contributed by atoms with Crippen LogP contribution < -0.4 is 11.1 Å². The average Bonchev–Trinajstić information content (AvgIpc) is 2.36. The van der Waals surface area contributed by atoms with Gasteiger partial charge in [-0.15, -0.1) is 0 Å². The minimum absolute atomic E-state index is 0.0842. The maximum atomic E-state index is 12.2. The van der Waals surface area contributed by atoms with Gasteiger partial charge in [0.2, 0.25) is 0 Å². The smallest absolute Gasteiger partial charge is 0.259 e. The second kappa shape index (κ2) is 5.85. The number of rotatable bonds is 2. The predicted octanol–water partition coefficient (Wildman–Crippen LogP) is 4.06. The van der Waals surface area contributed by atoms with Gasteiger partial charge in [-0.1, -0.05) is 31.9 Å². The lowest BCUT2D eigenvalue weighted by molar-refractivity contribution is 0.102. The van der Waals surface area contributed by atoms with Crippen LogP contribution >= 0.6 is 31.9 Å². The van der Waals surface area contributed by atoms with Gasteiger partial charge in [-0.25, -0.2) is 0 Å². The van der Waals surface area contributed by atoms with Crippen LogP contribution in [0.3, 0.4) is 0 Å². The summed E-state index contributed by atoms with van der Waals surface area (Å²) in [5.74, 6) is -0.500. The number of hydrogen-bond donors (Lipinski definition) is 3. The summed E-state index contributed by atoms with van der Waals surface area (Å²) in [6.45, 7) is 1.84. The van der Waals surface area contributed by atoms with Crippen molar-refractivity contribution < 1.29 is 9.90 Å². The molecule has 0 aliphatic heterocycles. The first-order valence-electron chi connectivity index (χ1n) is 5.74. The van der Waals surface area contributed by atoms with Crippen LogP contribution in [0.2, 0.25) is 0 Å². The standard InChI is InChI=1S/C14H12Br2N2O2/c1-7-4-9(16)6-11(17)13(7)18-14(20)10-5-8(15)2-3-12(10)19/h2-6,19H,17H2,1H3,(H,18,20). The molecule has 0 spiro atoms. The van der Waals surface area contributed by atoms with Crippen molar-refractivity contribution >= 4 is 49.1 Å². The summed E-state index contributed by atoms with van der Waals surface area (Å²) in [7, 11) is 0. The van der Waals surface area contributed by atoms with Gasteiger partial charge >= 0.3 is 0 Å². The number of amides is 1. The monoisotopic (exact) mass is 398 g/mol. The number of halogens is 2. The van der Waals surface area contributed by atoms with Gasteiger partial charge in [-0.3, -0.25) is 4.79 Å². The van der Waals surface area contributed by atoms with E-state index in [4.69, 9.17) is 5.73 Å². The molecule has 1 amide bonds. The molecule has 0 aliphatic rings. The Labute approximate surface area is 133 Å². The number of nitrogens with two attached hydrogens (primary N) is 1. The van der Waals surface area contributed by atoms with Crippen molar-refractivity contribution in [3.8, 4) is 5.75 Å². The molecule has 2 aromatic carbocycles. The Morgan fingerprint density at radius 3 is 2.55 bits per heavy atom. The van der Waals surface area contributed by atoms with Crippen molar-refractivity contribution in [2.45, 2.75) is 6.92 Å². The minimum atomic E-state index is -0.416. The van der Waals surface area contributed by atoms with Gasteiger partial charge in [0.1, 0.15) is 5.75 Å². The highest BCUT2D eigenvalue weighted by molar-refractivity contribution is 9.10. The summed E-state index contributed by atoms with van der Waals surface area (Å²) < 4.78 is 1.55. The molecule has 4 nitrogen and oxygen atoms in total. The van der Waals surface area contributed by atoms with Gasteiger partial charge in [0, 0.05) is 8.95 Å². The van der Waals surface area contributed by atoms with Crippen LogP contribution in [0.15, 0.2) is 39.3 Å². The molecule has 0 bridgehead atoms. The Hall–Kier alpha value is -1.53. The van der Waals surface area contributed by atoms with E-state index in [9.17, 15) is 9.90 Å². The first kappa shape index (κ1) is 14.9. The van der Waals surface area contributed by atoms with Crippen LogP contribution in [0.25, 0.3) is 0 Å². The molecular weight excluding hydrogens is 388 g/mol. The van der Waals surface area contributed by atoms with E-state index in [1.807, 2.05) is 13.0 Å². The maximum absolute atomic E-state index is 12.2. The number of nitrogens with one attached hydrogen (secondary N) is 1. The van der Waals surface area contributed by atoms with Crippen molar-refractivity contribution in [3.63, 3.8) is 0 Å². The van der Waals surface area contributed by atoms with E-state index in [0.29, 0.717) is 15.8 Å². The summed E-state index contributed by atoms with van der Waals surface area (Å²) in [5, 5.41) is 12.5. The highest BCUT2D eigenvalue weighted by atomic mass is 79.9. The fraction of sp³-hybridized carbons (Fsp3) is 0.0714. The third-order valence-electron chi connectivity index (χ3n) is 2.77. The van der Waals surface area contributed by atoms with Crippen molar-refractivity contribution in [2.24, 2.45) is 0 Å². The highest BCUT2D eigenvalue weighted by Crippen LogP contribution is 2.29. The van der Waals surface area contributed by atoms with Crippen LogP contribution in [0, 0.1) is 6.92 Å². The lowest BCUT2D eigenvalue weighted by atomic mass is 10.1. The average molecular weight is 400 g/mol. The second-order valence-corrected chi connectivity index (χ2v) is 6.13. The van der Waals surface area contributed by atoms with Gasteiger partial charge in [-0.2, -0.15) is 0 Å². The van der Waals surface area contributed by atoms with Crippen LogP contribution in [0.5, 0.6) is 5.75 Å². The predicted molar refractivity (Wildman–Crippen MR) is 87.1 cm³/mol. The van der Waals surface area contributed by atoms with Gasteiger partial charge in [0.05, 0.1) is 16.9 Å². The normalized spacial score (nSPS) is 10.3. The molecule has 2 aromatic rings. The number of aryl methyl sites for hydroxylation is 1. The van der Waals surface area contributed by atoms with Crippen LogP contribution in [-0.2, 0) is 0 Å². The van der Waals surface area contributed by atoms with Crippen molar-refractivity contribution in [2.75, 3.05) is 11.1 Å². The number of phenolic OH excluding ortho intramolecular Hbond substituents is 1. The van der Waals surface area contributed by atoms with E-state index >= 15 is 0 Å². The first-order chi connectivity index (χ1) is 9.38. The molecule has 6 heteroatoms. The number of carbonyl (C=O) groups is 1. The molecular formula is C14H12Br2N2O2. The molecule has 0 radical (unpaired) electrons. The Morgan fingerprint density at radius 2 is 1.90 bits per heavy atom. The summed E-state index contributed by atoms with van der Waals surface area (Å²) in [5.41, 5.74) is 7.91. The van der Waals surface area contributed by atoms with Crippen molar-refractivity contribution in [1.82, 2.24) is 0 Å². The zero-order valence-electron chi connectivity index (χ0n) is 10.6. The number of anilines is 2. The van der Waals surface area contributed by atoms with Crippen molar-refractivity contribution in [3.05, 3.63) is 50.4 Å². The molecule has 0 aromatic heterocycles. The molecule has 0 heterocycles. The molecule has 0 saturated heterocycles. The minimum Gasteiger partial charge on any atom is -0.507 e. The Balaban J connectivity index is 2.35. The number of carbonyl (C=O) groups excluding carboxylic acids is 1. The Kier molecular flexibility index (Phi) is 4.35. The highest BCUT2D eigenvalue weighted by Gasteiger charge is 2.14. The SMILES string of the molecule is Cc1cc(Br)cc(N)c1NC(=O)c1cc(Br)ccc1O. The summed E-state index contributed by atoms with van der Waals surface area (Å²) >= 11 is 6.61. The van der Waals surface area contributed by atoms with E-state index in [1.54, 1.807) is 18.2 Å². The number of phenols is 1. The Morgan fingerprint density at radius 1 is 1.20 bits per heavy atom. The largest absolute Gasteiger partial charge is 0.507 e. The van der Waals surface area contributed by atoms with E-state index in [1.165, 1.54) is 6.07 Å². The number of aromatic hydroxyl groups is 1. The molecule has 0 saturated carbocycles. The summed E-state index contributed by atoms with van der Waals surface area (Å²) in [6, 6.07) is 8.23. The lowest BCUT2D eigenvalue weighted by Crippen LogP contribution is -2.14. The molecule has 2 rings (SSSR count). The first-order valence-corrected chi connectivity index (χ1v) is 7.32. The number of benzene rings is 2.